The van der Waals surface area contributed by atoms with Crippen molar-refractivity contribution in [2.24, 2.45) is 0 Å². The molecule has 2 amide bonds. The van der Waals surface area contributed by atoms with Gasteiger partial charge in [0.2, 0.25) is 0 Å². The van der Waals surface area contributed by atoms with Gasteiger partial charge >= 0.3 is 6.03 Å². The summed E-state index contributed by atoms with van der Waals surface area (Å²) < 4.78 is 11.6. The lowest BCUT2D eigenvalue weighted by Crippen LogP contribution is -2.34. The minimum atomic E-state index is -0.122. The maximum absolute atomic E-state index is 12.8. The molecule has 25 heavy (non-hydrogen) atoms. The van der Waals surface area contributed by atoms with Crippen LogP contribution in [0, 0.1) is 0 Å². The lowest BCUT2D eigenvalue weighted by atomic mass is 10.2. The van der Waals surface area contributed by atoms with Crippen molar-refractivity contribution < 1.29 is 14.3 Å². The van der Waals surface area contributed by atoms with E-state index in [-0.39, 0.29) is 11.4 Å². The van der Waals surface area contributed by atoms with Crippen LogP contribution in [0.5, 0.6) is 11.5 Å². The maximum atomic E-state index is 12.8. The van der Waals surface area contributed by atoms with E-state index < -0.39 is 0 Å². The lowest BCUT2D eigenvalue weighted by molar-refractivity contribution is 0.214. The van der Waals surface area contributed by atoms with E-state index in [1.165, 1.54) is 0 Å². The average Bonchev–Trinajstić information content (AvgIpc) is 3.13. The van der Waals surface area contributed by atoms with Crippen LogP contribution in [0.25, 0.3) is 0 Å². The summed E-state index contributed by atoms with van der Waals surface area (Å²) in [5.74, 6) is 2.31. The molecule has 1 aliphatic rings. The van der Waals surface area contributed by atoms with Gasteiger partial charge in [-0.1, -0.05) is 12.1 Å². The van der Waals surface area contributed by atoms with Crippen LogP contribution < -0.4 is 14.8 Å². The minimum Gasteiger partial charge on any atom is -0.497 e. The van der Waals surface area contributed by atoms with Gasteiger partial charge in [-0.2, -0.15) is 0 Å². The summed E-state index contributed by atoms with van der Waals surface area (Å²) in [5.41, 5.74) is 1.74. The fourth-order valence-corrected chi connectivity index (χ4v) is 4.29. The van der Waals surface area contributed by atoms with E-state index in [9.17, 15) is 4.79 Å². The fraction of sp³-hybridized carbons (Fsp3) is 0.278. The molecule has 1 saturated heterocycles. The molecule has 1 aliphatic heterocycles. The number of methoxy groups -OCH3 is 2. The van der Waals surface area contributed by atoms with Crippen molar-refractivity contribution in [1.29, 1.82) is 0 Å². The lowest BCUT2D eigenvalue weighted by Gasteiger charge is -2.25. The van der Waals surface area contributed by atoms with Crippen molar-refractivity contribution >= 4 is 39.4 Å². The Bertz CT molecular complexity index is 749. The quantitative estimate of drug-likeness (QED) is 0.772. The van der Waals surface area contributed by atoms with Gasteiger partial charge in [0.05, 0.1) is 19.9 Å². The topological polar surface area (TPSA) is 50.8 Å². The predicted molar refractivity (Wildman–Crippen MR) is 105 cm³/mol. The number of nitrogens with zero attached hydrogens (tertiary/aromatic N) is 1. The van der Waals surface area contributed by atoms with Gasteiger partial charge in [-0.15, -0.1) is 11.8 Å². The number of hydrogen-bond acceptors (Lipinski definition) is 4. The monoisotopic (exact) mass is 422 g/mol. The van der Waals surface area contributed by atoms with E-state index in [1.54, 1.807) is 26.0 Å². The zero-order valence-corrected chi connectivity index (χ0v) is 16.4. The summed E-state index contributed by atoms with van der Waals surface area (Å²) in [7, 11) is 3.25. The number of urea groups is 1. The summed E-state index contributed by atoms with van der Waals surface area (Å²) >= 11 is 5.19. The third kappa shape index (κ3) is 4.04. The molecule has 5 nitrogen and oxygen atoms in total. The first-order chi connectivity index (χ1) is 12.1. The summed E-state index contributed by atoms with van der Waals surface area (Å²) in [6.45, 7) is 0.686. The second kappa shape index (κ2) is 8.01. The molecule has 2 aromatic rings. The van der Waals surface area contributed by atoms with Gasteiger partial charge < -0.3 is 19.7 Å². The summed E-state index contributed by atoms with van der Waals surface area (Å²) in [6.07, 6.45) is 0. The van der Waals surface area contributed by atoms with E-state index in [1.807, 2.05) is 47.4 Å². The van der Waals surface area contributed by atoms with Crippen LogP contribution in [0.2, 0.25) is 0 Å². The normalized spacial score (nSPS) is 16.6. The second-order valence-corrected chi connectivity index (χ2v) is 7.51. The Balaban J connectivity index is 1.83. The highest BCUT2D eigenvalue weighted by molar-refractivity contribution is 9.10. The number of carbonyl (C=O) groups is 1. The first-order valence-electron chi connectivity index (χ1n) is 7.79. The van der Waals surface area contributed by atoms with Crippen LogP contribution in [-0.2, 0) is 0 Å². The van der Waals surface area contributed by atoms with E-state index in [0.717, 1.165) is 21.5 Å². The molecule has 7 heteroatoms. The largest absolute Gasteiger partial charge is 0.497 e. The van der Waals surface area contributed by atoms with Gasteiger partial charge in [-0.25, -0.2) is 4.79 Å². The van der Waals surface area contributed by atoms with Crippen LogP contribution in [0.1, 0.15) is 10.9 Å². The van der Waals surface area contributed by atoms with Crippen LogP contribution >= 0.6 is 27.7 Å². The molecule has 0 saturated carbocycles. The summed E-state index contributed by atoms with van der Waals surface area (Å²) in [4.78, 5) is 14.6. The van der Waals surface area contributed by atoms with E-state index in [2.05, 4.69) is 21.2 Å². The van der Waals surface area contributed by atoms with Crippen molar-refractivity contribution in [1.82, 2.24) is 4.90 Å². The molecule has 1 atom stereocenters. The molecule has 132 valence electrons. The van der Waals surface area contributed by atoms with Crippen LogP contribution in [-0.4, -0.2) is 37.4 Å². The number of ether oxygens (including phenoxy) is 2. The number of benzene rings is 2. The van der Waals surface area contributed by atoms with Gasteiger partial charge in [-0.05, 0) is 45.8 Å². The SMILES string of the molecule is COc1cc(OC)cc(C2SCCN2C(=O)Nc2ccccc2Br)c1. The van der Waals surface area contributed by atoms with Crippen molar-refractivity contribution in [3.05, 3.63) is 52.5 Å². The average molecular weight is 423 g/mol. The number of thioether (sulfide) groups is 1. The Kier molecular flexibility index (Phi) is 5.75. The number of carbonyl (C=O) groups excluding carboxylic acids is 1. The van der Waals surface area contributed by atoms with Crippen LogP contribution in [0.3, 0.4) is 0 Å². The molecule has 0 bridgehead atoms. The summed E-state index contributed by atoms with van der Waals surface area (Å²) in [6, 6.07) is 13.2. The molecular formula is C18H19BrN2O3S. The summed E-state index contributed by atoms with van der Waals surface area (Å²) in [5, 5.41) is 2.90. The van der Waals surface area contributed by atoms with Crippen LogP contribution in [0.15, 0.2) is 46.9 Å². The number of halogens is 1. The highest BCUT2D eigenvalue weighted by atomic mass is 79.9. The molecule has 3 rings (SSSR count). The Labute approximate surface area is 159 Å². The number of nitrogens with one attached hydrogen (secondary N) is 1. The molecule has 1 fully saturated rings. The highest BCUT2D eigenvalue weighted by Crippen LogP contribution is 2.41. The highest BCUT2D eigenvalue weighted by Gasteiger charge is 2.31. The van der Waals surface area contributed by atoms with E-state index >= 15 is 0 Å². The maximum Gasteiger partial charge on any atom is 0.323 e. The van der Waals surface area contributed by atoms with E-state index in [4.69, 9.17) is 9.47 Å². The number of anilines is 1. The molecule has 2 aromatic carbocycles. The zero-order chi connectivity index (χ0) is 17.8. The molecule has 1 unspecified atom stereocenters. The zero-order valence-electron chi connectivity index (χ0n) is 14.0. The molecule has 0 spiro atoms. The van der Waals surface area contributed by atoms with Crippen molar-refractivity contribution in [3.63, 3.8) is 0 Å². The number of rotatable bonds is 4. The third-order valence-corrected chi connectivity index (χ3v) is 5.88. The van der Waals surface area contributed by atoms with Gasteiger partial charge in [0.1, 0.15) is 16.9 Å². The fourth-order valence-electron chi connectivity index (χ4n) is 2.68. The number of para-hydroxylation sites is 1. The number of hydrogen-bond donors (Lipinski definition) is 1. The van der Waals surface area contributed by atoms with Crippen molar-refractivity contribution in [2.45, 2.75) is 5.37 Å². The molecule has 0 aromatic heterocycles. The number of amides is 2. The first-order valence-corrected chi connectivity index (χ1v) is 9.63. The van der Waals surface area contributed by atoms with Gasteiger partial charge in [0.25, 0.3) is 0 Å². The third-order valence-electron chi connectivity index (χ3n) is 3.93. The van der Waals surface area contributed by atoms with Crippen molar-refractivity contribution in [3.8, 4) is 11.5 Å². The molecular weight excluding hydrogens is 404 g/mol. The Hall–Kier alpha value is -1.86. The van der Waals surface area contributed by atoms with Gasteiger partial charge in [-0.3, -0.25) is 0 Å². The van der Waals surface area contributed by atoms with Crippen molar-refractivity contribution in [2.75, 3.05) is 31.8 Å². The molecule has 1 N–H and O–H groups in total. The van der Waals surface area contributed by atoms with Gasteiger partial charge in [0, 0.05) is 22.8 Å². The van der Waals surface area contributed by atoms with Crippen LogP contribution in [0.4, 0.5) is 10.5 Å². The molecule has 0 radical (unpaired) electrons. The minimum absolute atomic E-state index is 0.0773. The Morgan fingerprint density at radius 2 is 1.88 bits per heavy atom. The predicted octanol–water partition coefficient (Wildman–Crippen LogP) is 4.75. The molecule has 1 heterocycles. The Morgan fingerprint density at radius 1 is 1.20 bits per heavy atom. The molecule has 0 aliphatic carbocycles. The standard InChI is InChI=1S/C18H19BrN2O3S/c1-23-13-9-12(10-14(11-13)24-2)17-21(7-8-25-17)18(22)20-16-6-4-3-5-15(16)19/h3-6,9-11,17H,7-8H2,1-2H3,(H,20,22). The van der Waals surface area contributed by atoms with E-state index in [0.29, 0.717) is 18.0 Å². The first kappa shape index (κ1) is 17.9. The second-order valence-electron chi connectivity index (χ2n) is 5.47. The Morgan fingerprint density at radius 3 is 2.52 bits per heavy atom. The van der Waals surface area contributed by atoms with Gasteiger partial charge in [0.15, 0.2) is 0 Å². The smallest absolute Gasteiger partial charge is 0.323 e.